The summed E-state index contributed by atoms with van der Waals surface area (Å²) in [5, 5.41) is 3.90. The van der Waals surface area contributed by atoms with Crippen LogP contribution in [0.25, 0.3) is 43.6 Å². The molecule has 3 heterocycles. The average molecular weight is 429 g/mol. The molecule has 0 bridgehead atoms. The van der Waals surface area contributed by atoms with E-state index in [1.807, 2.05) is 48.7 Å². The van der Waals surface area contributed by atoms with Crippen LogP contribution in [0.4, 0.5) is 0 Å². The predicted molar refractivity (Wildman–Crippen MR) is 124 cm³/mol. The molecule has 0 radical (unpaired) electrons. The van der Waals surface area contributed by atoms with Crippen molar-refractivity contribution in [1.29, 1.82) is 0 Å². The van der Waals surface area contributed by atoms with Gasteiger partial charge in [-0.3, -0.25) is 0 Å². The predicted octanol–water partition coefficient (Wildman–Crippen LogP) is 5.95. The van der Waals surface area contributed by atoms with Gasteiger partial charge >= 0.3 is 11.3 Å². The molecule has 0 unspecified atom stereocenters. The van der Waals surface area contributed by atoms with Crippen LogP contribution in [0.5, 0.6) is 0 Å². The van der Waals surface area contributed by atoms with Gasteiger partial charge in [0.25, 0.3) is 0 Å². The van der Waals surface area contributed by atoms with E-state index in [-0.39, 0.29) is 0 Å². The van der Waals surface area contributed by atoms with Crippen molar-refractivity contribution in [2.75, 3.05) is 0 Å². The van der Waals surface area contributed by atoms with Gasteiger partial charge in [-0.25, -0.2) is 14.6 Å². The Morgan fingerprint density at radius 1 is 0.935 bits per heavy atom. The van der Waals surface area contributed by atoms with Gasteiger partial charge in [0.2, 0.25) is 0 Å². The number of aryl methyl sites for hydroxylation is 2. The fourth-order valence-electron chi connectivity index (χ4n) is 3.90. The molecular formula is C25H19NO4S. The summed E-state index contributed by atoms with van der Waals surface area (Å²) in [6.07, 6.45) is 1.62. The third kappa shape index (κ3) is 3.39. The minimum atomic E-state index is -0.450. The van der Waals surface area contributed by atoms with E-state index in [1.54, 1.807) is 6.07 Å². The van der Waals surface area contributed by atoms with E-state index in [9.17, 15) is 9.59 Å². The van der Waals surface area contributed by atoms with Crippen molar-refractivity contribution in [1.82, 2.24) is 4.98 Å². The van der Waals surface area contributed by atoms with Gasteiger partial charge in [0.05, 0.1) is 10.9 Å². The largest absolute Gasteiger partial charge is 0.422 e. The van der Waals surface area contributed by atoms with Gasteiger partial charge in [0.1, 0.15) is 16.2 Å². The maximum Gasteiger partial charge on any atom is 0.346 e. The Bertz CT molecular complexity index is 1540. The molecule has 0 aliphatic rings. The van der Waals surface area contributed by atoms with Crippen LogP contribution in [0, 0.1) is 6.92 Å². The molecule has 0 amide bonds. The highest BCUT2D eigenvalue weighted by Crippen LogP contribution is 2.36. The van der Waals surface area contributed by atoms with Gasteiger partial charge in [0, 0.05) is 22.5 Å². The smallest absolute Gasteiger partial charge is 0.346 e. The Hall–Kier alpha value is -3.51. The number of aromatic nitrogens is 1. The number of benzene rings is 2. The molecule has 0 saturated carbocycles. The lowest BCUT2D eigenvalue weighted by Gasteiger charge is -2.12. The zero-order valence-electron chi connectivity index (χ0n) is 17.1. The van der Waals surface area contributed by atoms with Gasteiger partial charge < -0.3 is 8.83 Å². The topological polar surface area (TPSA) is 73.3 Å². The summed E-state index contributed by atoms with van der Waals surface area (Å²) >= 11 is 1.38. The number of hydrogen-bond donors (Lipinski definition) is 0. The van der Waals surface area contributed by atoms with Gasteiger partial charge in [-0.15, -0.1) is 11.3 Å². The zero-order chi connectivity index (χ0) is 21.5. The fraction of sp³-hybridized carbons (Fsp3) is 0.160. The summed E-state index contributed by atoms with van der Waals surface area (Å²) < 4.78 is 11.5. The first-order valence-corrected chi connectivity index (χ1v) is 11.0. The Morgan fingerprint density at radius 2 is 1.74 bits per heavy atom. The van der Waals surface area contributed by atoms with Crippen molar-refractivity contribution in [3.63, 3.8) is 0 Å². The quantitative estimate of drug-likeness (QED) is 0.261. The lowest BCUT2D eigenvalue weighted by atomic mass is 9.96. The molecule has 2 aromatic carbocycles. The van der Waals surface area contributed by atoms with Crippen LogP contribution in [-0.4, -0.2) is 4.98 Å². The van der Waals surface area contributed by atoms with Crippen LogP contribution < -0.4 is 11.3 Å². The first-order chi connectivity index (χ1) is 15.0. The Morgan fingerprint density at radius 3 is 2.45 bits per heavy atom. The second-order valence-corrected chi connectivity index (χ2v) is 8.35. The maximum atomic E-state index is 12.8. The first-order valence-electron chi connectivity index (χ1n) is 10.1. The van der Waals surface area contributed by atoms with E-state index in [0.29, 0.717) is 27.1 Å². The molecule has 3 aromatic heterocycles. The van der Waals surface area contributed by atoms with Crippen molar-refractivity contribution in [3.8, 4) is 21.7 Å². The van der Waals surface area contributed by atoms with Gasteiger partial charge in [-0.2, -0.15) is 0 Å². The monoisotopic (exact) mass is 429 g/mol. The molecular weight excluding hydrogens is 410 g/mol. The molecule has 0 spiro atoms. The van der Waals surface area contributed by atoms with E-state index in [0.717, 1.165) is 40.6 Å². The Labute approximate surface area is 181 Å². The molecule has 0 fully saturated rings. The third-order valence-electron chi connectivity index (χ3n) is 5.26. The average Bonchev–Trinajstić information content (AvgIpc) is 3.20. The summed E-state index contributed by atoms with van der Waals surface area (Å²) in [6, 6.07) is 15.0. The van der Waals surface area contributed by atoms with Crippen molar-refractivity contribution >= 4 is 33.3 Å². The molecule has 0 saturated heterocycles. The van der Waals surface area contributed by atoms with E-state index < -0.39 is 11.3 Å². The van der Waals surface area contributed by atoms with Crippen LogP contribution in [-0.2, 0) is 6.42 Å². The minimum absolute atomic E-state index is 0.369. The lowest BCUT2D eigenvalue weighted by molar-refractivity contribution is 0.550. The molecule has 5 aromatic rings. The molecule has 31 heavy (non-hydrogen) atoms. The normalized spacial score (nSPS) is 11.4. The highest BCUT2D eigenvalue weighted by Gasteiger charge is 2.19. The van der Waals surface area contributed by atoms with Gasteiger partial charge in [-0.05, 0) is 42.2 Å². The number of fused-ring (bicyclic) bond motifs is 3. The summed E-state index contributed by atoms with van der Waals surface area (Å²) in [4.78, 5) is 29.7. The third-order valence-corrected chi connectivity index (χ3v) is 6.25. The standard InChI is InChI=1S/C25H19NO4S/c1-3-7-16-10-18-17(15-8-5-4-6-9-15)12-21(27)29-23(18)19-11-20(25(28)30-22(16)19)24-26-14(2)13-31-24/h4-6,8-13H,3,7H2,1-2H3. The number of rotatable bonds is 4. The van der Waals surface area contributed by atoms with E-state index in [4.69, 9.17) is 8.83 Å². The highest BCUT2D eigenvalue weighted by molar-refractivity contribution is 7.13. The van der Waals surface area contributed by atoms with Gasteiger partial charge in [0.15, 0.2) is 0 Å². The van der Waals surface area contributed by atoms with Crippen LogP contribution in [0.3, 0.4) is 0 Å². The minimum Gasteiger partial charge on any atom is -0.422 e. The van der Waals surface area contributed by atoms with E-state index >= 15 is 0 Å². The molecule has 0 N–H and O–H groups in total. The second kappa shape index (κ2) is 7.63. The maximum absolute atomic E-state index is 12.8. The Balaban J connectivity index is 1.93. The molecule has 0 aliphatic heterocycles. The van der Waals surface area contributed by atoms with Crippen molar-refractivity contribution in [3.05, 3.63) is 86.0 Å². The Kier molecular flexibility index (Phi) is 4.79. The van der Waals surface area contributed by atoms with Crippen molar-refractivity contribution < 1.29 is 8.83 Å². The molecule has 0 atom stereocenters. The van der Waals surface area contributed by atoms with Crippen LogP contribution in [0.2, 0.25) is 0 Å². The SMILES string of the molecule is CCCc1cc2c(-c3ccccc3)cc(=O)oc2c2cc(-c3nc(C)cs3)c(=O)oc12. The van der Waals surface area contributed by atoms with E-state index in [1.165, 1.54) is 17.4 Å². The fourth-order valence-corrected chi connectivity index (χ4v) is 4.70. The summed E-state index contributed by atoms with van der Waals surface area (Å²) in [5.41, 5.74) is 3.82. The van der Waals surface area contributed by atoms with Crippen LogP contribution >= 0.6 is 11.3 Å². The number of thiazole rings is 1. The number of nitrogens with zero attached hydrogens (tertiary/aromatic N) is 1. The van der Waals surface area contributed by atoms with Crippen LogP contribution in [0.1, 0.15) is 24.6 Å². The van der Waals surface area contributed by atoms with Crippen LogP contribution in [0.15, 0.2) is 72.3 Å². The first kappa shape index (κ1) is 19.5. The van der Waals surface area contributed by atoms with E-state index in [2.05, 4.69) is 11.9 Å². The molecule has 0 aliphatic carbocycles. The molecule has 6 heteroatoms. The van der Waals surface area contributed by atoms with Gasteiger partial charge in [-0.1, -0.05) is 43.7 Å². The van der Waals surface area contributed by atoms with Crippen molar-refractivity contribution in [2.24, 2.45) is 0 Å². The molecule has 154 valence electrons. The summed E-state index contributed by atoms with van der Waals surface area (Å²) in [5.74, 6) is 0. The highest BCUT2D eigenvalue weighted by atomic mass is 32.1. The lowest BCUT2D eigenvalue weighted by Crippen LogP contribution is -2.05. The molecule has 5 nitrogen and oxygen atoms in total. The summed E-state index contributed by atoms with van der Waals surface area (Å²) in [6.45, 7) is 3.95. The molecule has 5 rings (SSSR count). The zero-order valence-corrected chi connectivity index (χ0v) is 17.9. The summed E-state index contributed by atoms with van der Waals surface area (Å²) in [7, 11) is 0. The number of hydrogen-bond acceptors (Lipinski definition) is 6. The van der Waals surface area contributed by atoms with Crippen molar-refractivity contribution in [2.45, 2.75) is 26.7 Å². The second-order valence-electron chi connectivity index (χ2n) is 7.49.